The first-order valence-electron chi connectivity index (χ1n) is 6.63. The fourth-order valence-corrected chi connectivity index (χ4v) is 2.13. The van der Waals surface area contributed by atoms with Gasteiger partial charge in [0.2, 0.25) is 0 Å². The van der Waals surface area contributed by atoms with Gasteiger partial charge in [-0.2, -0.15) is 0 Å². The number of esters is 1. The second kappa shape index (κ2) is 6.88. The molecule has 0 amide bonds. The molecule has 2 rings (SSSR count). The Morgan fingerprint density at radius 1 is 1.05 bits per heavy atom. The molecule has 21 heavy (non-hydrogen) atoms. The third-order valence-electron chi connectivity index (χ3n) is 3.32. The van der Waals surface area contributed by atoms with Crippen LogP contribution in [-0.4, -0.2) is 20.2 Å². The molecule has 0 aliphatic carbocycles. The standard InChI is InChI=1S/C17H17FO3/c1-20-15-10-7-13(16(11-15)17(19)21-2)6-3-12-4-8-14(18)9-5-12/h4-5,7-11H,3,6H2,1-2H3. The average Bonchev–Trinajstić information content (AvgIpc) is 2.53. The zero-order chi connectivity index (χ0) is 15.2. The molecular formula is C17H17FO3. The number of hydrogen-bond donors (Lipinski definition) is 0. The highest BCUT2D eigenvalue weighted by Gasteiger charge is 2.13. The van der Waals surface area contributed by atoms with Crippen molar-refractivity contribution in [3.05, 3.63) is 65.0 Å². The lowest BCUT2D eigenvalue weighted by atomic mass is 9.99. The number of carbonyl (C=O) groups is 1. The summed E-state index contributed by atoms with van der Waals surface area (Å²) >= 11 is 0. The summed E-state index contributed by atoms with van der Waals surface area (Å²) in [6, 6.07) is 11.7. The van der Waals surface area contributed by atoms with Gasteiger partial charge < -0.3 is 9.47 Å². The van der Waals surface area contributed by atoms with E-state index in [1.165, 1.54) is 19.2 Å². The molecule has 0 spiro atoms. The molecule has 2 aromatic rings. The number of carbonyl (C=O) groups excluding carboxylic acids is 1. The van der Waals surface area contributed by atoms with Gasteiger partial charge in [0, 0.05) is 0 Å². The molecule has 0 aliphatic heterocycles. The zero-order valence-corrected chi connectivity index (χ0v) is 12.1. The van der Waals surface area contributed by atoms with E-state index in [1.54, 1.807) is 25.3 Å². The van der Waals surface area contributed by atoms with Gasteiger partial charge >= 0.3 is 5.97 Å². The highest BCUT2D eigenvalue weighted by atomic mass is 19.1. The molecule has 2 aromatic carbocycles. The minimum atomic E-state index is -0.386. The molecule has 4 heteroatoms. The van der Waals surface area contributed by atoms with Crippen LogP contribution in [0.25, 0.3) is 0 Å². The first-order valence-corrected chi connectivity index (χ1v) is 6.63. The largest absolute Gasteiger partial charge is 0.497 e. The molecule has 0 atom stereocenters. The lowest BCUT2D eigenvalue weighted by Crippen LogP contribution is -2.07. The van der Waals surface area contributed by atoms with E-state index in [9.17, 15) is 9.18 Å². The van der Waals surface area contributed by atoms with Gasteiger partial charge in [0.25, 0.3) is 0 Å². The van der Waals surface area contributed by atoms with Gasteiger partial charge in [-0.05, 0) is 48.2 Å². The van der Waals surface area contributed by atoms with Crippen molar-refractivity contribution < 1.29 is 18.7 Å². The maximum absolute atomic E-state index is 12.9. The Balaban J connectivity index is 2.18. The lowest BCUT2D eigenvalue weighted by Gasteiger charge is -2.10. The Kier molecular flexibility index (Phi) is 4.93. The van der Waals surface area contributed by atoms with Crippen molar-refractivity contribution in [3.63, 3.8) is 0 Å². The van der Waals surface area contributed by atoms with Gasteiger partial charge in [-0.1, -0.05) is 18.2 Å². The van der Waals surface area contributed by atoms with E-state index < -0.39 is 0 Å². The van der Waals surface area contributed by atoms with Gasteiger partial charge in [0.15, 0.2) is 0 Å². The molecule has 0 saturated heterocycles. The summed E-state index contributed by atoms with van der Waals surface area (Å²) in [5, 5.41) is 0. The third-order valence-corrected chi connectivity index (χ3v) is 3.32. The molecule has 0 unspecified atom stereocenters. The Morgan fingerprint density at radius 2 is 1.76 bits per heavy atom. The van der Waals surface area contributed by atoms with Crippen LogP contribution in [0, 0.1) is 5.82 Å². The molecule has 0 fully saturated rings. The molecular weight excluding hydrogens is 271 g/mol. The number of methoxy groups -OCH3 is 2. The monoisotopic (exact) mass is 288 g/mol. The number of benzene rings is 2. The summed E-state index contributed by atoms with van der Waals surface area (Å²) in [5.74, 6) is -0.0256. The van der Waals surface area contributed by atoms with Crippen molar-refractivity contribution in [2.45, 2.75) is 12.8 Å². The van der Waals surface area contributed by atoms with E-state index in [0.29, 0.717) is 17.7 Å². The van der Waals surface area contributed by atoms with Crippen LogP contribution in [0.4, 0.5) is 4.39 Å². The van der Waals surface area contributed by atoms with E-state index in [4.69, 9.17) is 9.47 Å². The van der Waals surface area contributed by atoms with Crippen molar-refractivity contribution in [2.75, 3.05) is 14.2 Å². The van der Waals surface area contributed by atoms with Crippen LogP contribution in [0.15, 0.2) is 42.5 Å². The van der Waals surface area contributed by atoms with Crippen LogP contribution >= 0.6 is 0 Å². The number of aryl methyl sites for hydroxylation is 2. The van der Waals surface area contributed by atoms with E-state index in [2.05, 4.69) is 0 Å². The van der Waals surface area contributed by atoms with E-state index in [0.717, 1.165) is 17.5 Å². The number of ether oxygens (including phenoxy) is 2. The second-order valence-electron chi connectivity index (χ2n) is 4.64. The Morgan fingerprint density at radius 3 is 2.38 bits per heavy atom. The van der Waals surface area contributed by atoms with Crippen LogP contribution in [-0.2, 0) is 17.6 Å². The lowest BCUT2D eigenvalue weighted by molar-refractivity contribution is 0.0599. The Hall–Kier alpha value is -2.36. The fraction of sp³-hybridized carbons (Fsp3) is 0.235. The molecule has 0 aliphatic rings. The summed E-state index contributed by atoms with van der Waals surface area (Å²) in [4.78, 5) is 11.8. The summed E-state index contributed by atoms with van der Waals surface area (Å²) < 4.78 is 22.8. The first-order chi connectivity index (χ1) is 10.1. The van der Waals surface area contributed by atoms with Crippen molar-refractivity contribution in [3.8, 4) is 5.75 Å². The van der Waals surface area contributed by atoms with Crippen LogP contribution < -0.4 is 4.74 Å². The van der Waals surface area contributed by atoms with E-state index in [-0.39, 0.29) is 11.8 Å². The van der Waals surface area contributed by atoms with E-state index >= 15 is 0 Å². The third kappa shape index (κ3) is 3.81. The predicted octanol–water partition coefficient (Wildman–Crippen LogP) is 3.41. The van der Waals surface area contributed by atoms with Gasteiger partial charge in [0.05, 0.1) is 19.8 Å². The molecule has 0 N–H and O–H groups in total. The van der Waals surface area contributed by atoms with Crippen molar-refractivity contribution in [1.82, 2.24) is 0 Å². The molecule has 3 nitrogen and oxygen atoms in total. The fourth-order valence-electron chi connectivity index (χ4n) is 2.13. The number of rotatable bonds is 5. The highest BCUT2D eigenvalue weighted by molar-refractivity contribution is 5.91. The van der Waals surface area contributed by atoms with E-state index in [1.807, 2.05) is 12.1 Å². The molecule has 0 radical (unpaired) electrons. The smallest absolute Gasteiger partial charge is 0.338 e. The quantitative estimate of drug-likeness (QED) is 0.791. The van der Waals surface area contributed by atoms with Crippen molar-refractivity contribution in [1.29, 1.82) is 0 Å². The number of hydrogen-bond acceptors (Lipinski definition) is 3. The minimum absolute atomic E-state index is 0.251. The SMILES string of the molecule is COC(=O)c1cc(OC)ccc1CCc1ccc(F)cc1. The summed E-state index contributed by atoms with van der Waals surface area (Å²) in [7, 11) is 2.90. The maximum Gasteiger partial charge on any atom is 0.338 e. The topological polar surface area (TPSA) is 35.5 Å². The molecule has 0 aromatic heterocycles. The van der Waals surface area contributed by atoms with Crippen molar-refractivity contribution >= 4 is 5.97 Å². The normalized spacial score (nSPS) is 10.2. The Labute approximate surface area is 123 Å². The van der Waals surface area contributed by atoms with Crippen LogP contribution in [0.3, 0.4) is 0 Å². The van der Waals surface area contributed by atoms with Crippen LogP contribution in [0.2, 0.25) is 0 Å². The Bertz CT molecular complexity index is 620. The van der Waals surface area contributed by atoms with Crippen LogP contribution in [0.1, 0.15) is 21.5 Å². The van der Waals surface area contributed by atoms with Crippen molar-refractivity contribution in [2.24, 2.45) is 0 Å². The molecule has 110 valence electrons. The second-order valence-corrected chi connectivity index (χ2v) is 4.64. The molecule has 0 heterocycles. The predicted molar refractivity (Wildman–Crippen MR) is 78.1 cm³/mol. The average molecular weight is 288 g/mol. The zero-order valence-electron chi connectivity index (χ0n) is 12.1. The first kappa shape index (κ1) is 15.0. The van der Waals surface area contributed by atoms with Gasteiger partial charge in [0.1, 0.15) is 11.6 Å². The van der Waals surface area contributed by atoms with Gasteiger partial charge in [-0.3, -0.25) is 0 Å². The molecule has 0 bridgehead atoms. The highest BCUT2D eigenvalue weighted by Crippen LogP contribution is 2.20. The number of halogens is 1. The summed E-state index contributed by atoms with van der Waals surface area (Å²) in [6.45, 7) is 0. The summed E-state index contributed by atoms with van der Waals surface area (Å²) in [6.07, 6.45) is 1.39. The molecule has 0 saturated carbocycles. The van der Waals surface area contributed by atoms with Gasteiger partial charge in [-0.25, -0.2) is 9.18 Å². The minimum Gasteiger partial charge on any atom is -0.497 e. The van der Waals surface area contributed by atoms with Crippen LogP contribution in [0.5, 0.6) is 5.75 Å². The summed E-state index contributed by atoms with van der Waals surface area (Å²) in [5.41, 5.74) is 2.40. The van der Waals surface area contributed by atoms with Gasteiger partial charge in [-0.15, -0.1) is 0 Å². The maximum atomic E-state index is 12.9.